The fourth-order valence-electron chi connectivity index (χ4n) is 1.17. The van der Waals surface area contributed by atoms with Gasteiger partial charge in [0.2, 0.25) is 0 Å². The quantitative estimate of drug-likeness (QED) is 0.837. The van der Waals surface area contributed by atoms with Gasteiger partial charge in [0.15, 0.2) is 5.69 Å². The SMILES string of the molecule is O=C(O)c1coc(Oc2ccc(CO)cc2)n1. The van der Waals surface area contributed by atoms with Crippen LogP contribution in [0, 0.1) is 0 Å². The maximum absolute atomic E-state index is 10.5. The van der Waals surface area contributed by atoms with Crippen molar-refractivity contribution in [3.05, 3.63) is 41.8 Å². The van der Waals surface area contributed by atoms with E-state index in [4.69, 9.17) is 19.4 Å². The number of benzene rings is 1. The third-order valence-corrected chi connectivity index (χ3v) is 2.01. The van der Waals surface area contributed by atoms with Gasteiger partial charge < -0.3 is 19.4 Å². The molecule has 2 aromatic rings. The Kier molecular flexibility index (Phi) is 3.06. The van der Waals surface area contributed by atoms with Crippen LogP contribution in [-0.4, -0.2) is 21.2 Å². The van der Waals surface area contributed by atoms with Crippen molar-refractivity contribution in [2.75, 3.05) is 0 Å². The highest BCUT2D eigenvalue weighted by Crippen LogP contribution is 2.20. The Morgan fingerprint density at radius 1 is 1.35 bits per heavy atom. The van der Waals surface area contributed by atoms with Gasteiger partial charge in [-0.3, -0.25) is 0 Å². The maximum atomic E-state index is 10.5. The van der Waals surface area contributed by atoms with Gasteiger partial charge >= 0.3 is 12.0 Å². The van der Waals surface area contributed by atoms with Crippen molar-refractivity contribution in [1.82, 2.24) is 4.98 Å². The summed E-state index contributed by atoms with van der Waals surface area (Å²) in [4.78, 5) is 14.2. The molecule has 0 bridgehead atoms. The Labute approximate surface area is 96.1 Å². The molecule has 17 heavy (non-hydrogen) atoms. The number of hydrogen-bond donors (Lipinski definition) is 2. The van der Waals surface area contributed by atoms with Crippen molar-refractivity contribution in [2.24, 2.45) is 0 Å². The van der Waals surface area contributed by atoms with Crippen LogP contribution >= 0.6 is 0 Å². The zero-order valence-corrected chi connectivity index (χ0v) is 8.66. The van der Waals surface area contributed by atoms with Gasteiger partial charge in [-0.05, 0) is 17.7 Å². The lowest BCUT2D eigenvalue weighted by atomic mass is 10.2. The summed E-state index contributed by atoms with van der Waals surface area (Å²) in [5.74, 6) is -0.736. The van der Waals surface area contributed by atoms with Gasteiger partial charge in [0, 0.05) is 0 Å². The van der Waals surface area contributed by atoms with Gasteiger partial charge in [0.05, 0.1) is 6.61 Å². The van der Waals surface area contributed by atoms with E-state index in [0.717, 1.165) is 11.8 Å². The molecule has 1 aromatic carbocycles. The lowest BCUT2D eigenvalue weighted by Crippen LogP contribution is -1.95. The summed E-state index contributed by atoms with van der Waals surface area (Å²) in [5, 5.41) is 17.5. The number of aromatic nitrogens is 1. The summed E-state index contributed by atoms with van der Waals surface area (Å²) in [6.07, 6.45) is 0.860. The molecule has 2 N–H and O–H groups in total. The number of carboxylic acids is 1. The summed E-state index contributed by atoms with van der Waals surface area (Å²) >= 11 is 0. The van der Waals surface area contributed by atoms with Crippen LogP contribution in [0.1, 0.15) is 16.1 Å². The van der Waals surface area contributed by atoms with Crippen molar-refractivity contribution in [2.45, 2.75) is 6.61 Å². The highest BCUT2D eigenvalue weighted by molar-refractivity contribution is 5.84. The fraction of sp³-hybridized carbons (Fsp3) is 0.0909. The van der Waals surface area contributed by atoms with E-state index in [-0.39, 0.29) is 18.4 Å². The first-order valence-electron chi connectivity index (χ1n) is 4.75. The van der Waals surface area contributed by atoms with E-state index in [1.807, 2.05) is 0 Å². The zero-order chi connectivity index (χ0) is 12.3. The third kappa shape index (κ3) is 2.61. The molecule has 88 valence electrons. The standard InChI is InChI=1S/C11H9NO5/c13-5-7-1-3-8(4-2-7)17-11-12-9(6-16-11)10(14)15/h1-4,6,13H,5H2,(H,14,15). The minimum Gasteiger partial charge on any atom is -0.476 e. The van der Waals surface area contributed by atoms with E-state index in [0.29, 0.717) is 5.75 Å². The molecular formula is C11H9NO5. The van der Waals surface area contributed by atoms with E-state index in [1.54, 1.807) is 24.3 Å². The Morgan fingerprint density at radius 3 is 2.59 bits per heavy atom. The Balaban J connectivity index is 2.11. The van der Waals surface area contributed by atoms with E-state index in [9.17, 15) is 4.79 Å². The second-order valence-corrected chi connectivity index (χ2v) is 3.21. The fourth-order valence-corrected chi connectivity index (χ4v) is 1.17. The second-order valence-electron chi connectivity index (χ2n) is 3.21. The summed E-state index contributed by atoms with van der Waals surface area (Å²) in [7, 11) is 0. The molecule has 6 nitrogen and oxygen atoms in total. The molecule has 0 saturated carbocycles. The van der Waals surface area contributed by atoms with Crippen LogP contribution in [0.4, 0.5) is 0 Å². The molecule has 0 unspecified atom stereocenters. The van der Waals surface area contributed by atoms with Gasteiger partial charge in [0.1, 0.15) is 12.0 Å². The lowest BCUT2D eigenvalue weighted by molar-refractivity contribution is 0.0690. The van der Waals surface area contributed by atoms with Gasteiger partial charge in [-0.25, -0.2) is 4.79 Å². The van der Waals surface area contributed by atoms with Gasteiger partial charge in [-0.2, -0.15) is 4.98 Å². The van der Waals surface area contributed by atoms with Crippen molar-refractivity contribution < 1.29 is 24.2 Å². The predicted molar refractivity (Wildman–Crippen MR) is 55.9 cm³/mol. The molecule has 0 saturated heterocycles. The molecule has 0 atom stereocenters. The minimum atomic E-state index is -1.18. The molecule has 0 amide bonds. The molecule has 0 fully saturated rings. The normalized spacial score (nSPS) is 10.2. The van der Waals surface area contributed by atoms with Crippen molar-refractivity contribution >= 4 is 5.97 Å². The number of carboxylic acid groups (broad SMARTS) is 1. The van der Waals surface area contributed by atoms with Crippen LogP contribution < -0.4 is 4.74 Å². The number of hydrogen-bond acceptors (Lipinski definition) is 5. The molecule has 0 aliphatic rings. The number of ether oxygens (including phenoxy) is 1. The number of carbonyl (C=O) groups is 1. The van der Waals surface area contributed by atoms with E-state index >= 15 is 0 Å². The Hall–Kier alpha value is -2.34. The number of rotatable bonds is 4. The second kappa shape index (κ2) is 4.67. The number of nitrogens with zero attached hydrogens (tertiary/aromatic N) is 1. The first-order valence-corrected chi connectivity index (χ1v) is 4.75. The topological polar surface area (TPSA) is 92.8 Å². The molecule has 0 aliphatic heterocycles. The van der Waals surface area contributed by atoms with Crippen LogP contribution in [0.2, 0.25) is 0 Å². The largest absolute Gasteiger partial charge is 0.476 e. The molecule has 0 spiro atoms. The van der Waals surface area contributed by atoms with Crippen molar-refractivity contribution in [1.29, 1.82) is 0 Å². The highest BCUT2D eigenvalue weighted by Gasteiger charge is 2.11. The Morgan fingerprint density at radius 2 is 2.06 bits per heavy atom. The molecule has 0 aliphatic carbocycles. The highest BCUT2D eigenvalue weighted by atomic mass is 16.6. The van der Waals surface area contributed by atoms with E-state index in [1.165, 1.54) is 0 Å². The molecule has 0 radical (unpaired) electrons. The lowest BCUT2D eigenvalue weighted by Gasteiger charge is -2.00. The van der Waals surface area contributed by atoms with Gasteiger partial charge in [-0.1, -0.05) is 12.1 Å². The first kappa shape index (κ1) is 11.2. The minimum absolute atomic E-state index is 0.0531. The van der Waals surface area contributed by atoms with Crippen LogP contribution in [-0.2, 0) is 6.61 Å². The molecule has 2 rings (SSSR count). The predicted octanol–water partition coefficient (Wildman–Crippen LogP) is 1.66. The number of aromatic carboxylic acids is 1. The average Bonchev–Trinajstić information content (AvgIpc) is 2.79. The summed E-state index contributed by atoms with van der Waals surface area (Å²) < 4.78 is 10.0. The van der Waals surface area contributed by atoms with Crippen LogP contribution in [0.15, 0.2) is 34.9 Å². The summed E-state index contributed by atoms with van der Waals surface area (Å²) in [5.41, 5.74) is 0.531. The summed E-state index contributed by atoms with van der Waals surface area (Å²) in [6, 6.07) is 6.60. The monoisotopic (exact) mass is 235 g/mol. The van der Waals surface area contributed by atoms with Gasteiger partial charge in [0.25, 0.3) is 0 Å². The molecular weight excluding hydrogens is 226 g/mol. The van der Waals surface area contributed by atoms with Crippen LogP contribution in [0.5, 0.6) is 11.8 Å². The zero-order valence-electron chi connectivity index (χ0n) is 8.66. The number of aliphatic hydroxyl groups is 1. The van der Waals surface area contributed by atoms with Crippen molar-refractivity contribution in [3.63, 3.8) is 0 Å². The number of oxazole rings is 1. The van der Waals surface area contributed by atoms with E-state index < -0.39 is 5.97 Å². The van der Waals surface area contributed by atoms with Crippen molar-refractivity contribution in [3.8, 4) is 11.8 Å². The molecule has 1 heterocycles. The first-order chi connectivity index (χ1) is 8.19. The summed E-state index contributed by atoms with van der Waals surface area (Å²) in [6.45, 7) is -0.0531. The molecule has 1 aromatic heterocycles. The average molecular weight is 235 g/mol. The number of aliphatic hydroxyl groups excluding tert-OH is 1. The van der Waals surface area contributed by atoms with Crippen LogP contribution in [0.25, 0.3) is 0 Å². The maximum Gasteiger partial charge on any atom is 0.399 e. The smallest absolute Gasteiger partial charge is 0.399 e. The van der Waals surface area contributed by atoms with E-state index in [2.05, 4.69) is 4.98 Å². The third-order valence-electron chi connectivity index (χ3n) is 2.01. The molecule has 6 heteroatoms. The van der Waals surface area contributed by atoms with Gasteiger partial charge in [-0.15, -0.1) is 0 Å². The Bertz CT molecular complexity index is 517. The van der Waals surface area contributed by atoms with Crippen LogP contribution in [0.3, 0.4) is 0 Å².